The van der Waals surface area contributed by atoms with Crippen molar-refractivity contribution in [2.45, 2.75) is 6.92 Å². The Balaban J connectivity index is -0.000000559. The Hall–Kier alpha value is 0.518. The van der Waals surface area contributed by atoms with Crippen molar-refractivity contribution in [3.05, 3.63) is 121 Å². The van der Waals surface area contributed by atoms with Crippen molar-refractivity contribution >= 4 is 95.2 Å². The van der Waals surface area contributed by atoms with Gasteiger partial charge in [-0.25, -0.2) is 0 Å². The Labute approximate surface area is 301 Å². The first-order chi connectivity index (χ1) is 18.7. The van der Waals surface area contributed by atoms with Gasteiger partial charge < -0.3 is 24.8 Å². The van der Waals surface area contributed by atoms with Gasteiger partial charge in [0.1, 0.15) is 0 Å². The van der Waals surface area contributed by atoms with E-state index in [-0.39, 0.29) is 72.4 Å². The van der Waals surface area contributed by atoms with Crippen LogP contribution in [0.1, 0.15) is 6.92 Å². The predicted octanol–water partition coefficient (Wildman–Crippen LogP) is 3.47. The summed E-state index contributed by atoms with van der Waals surface area (Å²) in [4.78, 5) is 0. The van der Waals surface area contributed by atoms with Crippen LogP contribution in [0, 0.1) is 0 Å². The Morgan fingerprint density at radius 2 is 0.756 bits per heavy atom. The van der Waals surface area contributed by atoms with Gasteiger partial charge in [0.25, 0.3) is 0 Å². The summed E-state index contributed by atoms with van der Waals surface area (Å²) in [6, 6.07) is 43.4. The van der Waals surface area contributed by atoms with E-state index in [0.29, 0.717) is 0 Å². The molecule has 0 unspecified atom stereocenters. The third kappa shape index (κ3) is 20.2. The molecule has 0 aliphatic rings. The Kier molecular flexibility index (Phi) is 35.8. The van der Waals surface area contributed by atoms with Crippen LogP contribution in [0.2, 0.25) is 0 Å². The number of benzene rings is 4. The van der Waals surface area contributed by atoms with Crippen LogP contribution in [0.15, 0.2) is 121 Å². The normalized spacial score (nSPS) is 9.17. The first-order valence-corrected chi connectivity index (χ1v) is 18.7. The average molecular weight is 910 g/mol. The zero-order valence-electron chi connectivity index (χ0n) is 23.0. The minimum atomic E-state index is -0.178. The van der Waals surface area contributed by atoms with Crippen LogP contribution in [-0.2, 0) is 21.1 Å². The fourth-order valence-electron chi connectivity index (χ4n) is 3.54. The van der Waals surface area contributed by atoms with E-state index in [1.54, 1.807) is 0 Å². The van der Waals surface area contributed by atoms with Crippen LogP contribution in [0.3, 0.4) is 0 Å². The fraction of sp³-hybridized carbons (Fsp3) is 0.226. The van der Waals surface area contributed by atoms with Gasteiger partial charge in [-0.1, -0.05) is 128 Å². The molecule has 0 heterocycles. The maximum absolute atomic E-state index is 4.76. The van der Waals surface area contributed by atoms with Crippen molar-refractivity contribution in [1.82, 2.24) is 0 Å². The van der Waals surface area contributed by atoms with Gasteiger partial charge in [0.2, 0.25) is 0 Å². The second kappa shape index (κ2) is 31.9. The first-order valence-electron chi connectivity index (χ1n) is 12.1. The minimum absolute atomic E-state index is 0. The molecular formula is C31H36Cl6P2PtS. The summed E-state index contributed by atoms with van der Waals surface area (Å²) in [5, 5.41) is 6.31. The number of hydrogen-bond donors (Lipinski definition) is 0. The second-order valence-corrected chi connectivity index (χ2v) is 14.9. The molecule has 0 bridgehead atoms. The van der Waals surface area contributed by atoms with Gasteiger partial charge >= 0.3 is 21.1 Å². The molecule has 0 spiro atoms. The summed E-state index contributed by atoms with van der Waals surface area (Å²) in [5.41, 5.74) is 0. The molecule has 41 heavy (non-hydrogen) atoms. The predicted molar refractivity (Wildman–Crippen MR) is 185 cm³/mol. The van der Waals surface area contributed by atoms with Crippen LogP contribution in [0.5, 0.6) is 0 Å². The molecule has 4 aromatic carbocycles. The average Bonchev–Trinajstić information content (AvgIpc) is 2.97. The summed E-state index contributed by atoms with van der Waals surface area (Å²) < 4.78 is 0. The molecule has 0 aromatic heterocycles. The van der Waals surface area contributed by atoms with Crippen molar-refractivity contribution < 1.29 is 45.9 Å². The summed E-state index contributed by atoms with van der Waals surface area (Å²) >= 11 is 21.0. The number of alkyl halides is 4. The number of rotatable bonds is 8. The minimum Gasteiger partial charge on any atom is -1.00 e. The molecule has 0 radical (unpaired) electrons. The standard InChI is InChI=1S/C15H17PS.C14H15P.2CH2Cl2.2ClH.Pt/c1-17-13-12-16(14-8-4-2-5-9-14)15-10-6-3-7-11-15;1-2-15(13-9-5-3-6-10-13)14-11-7-4-8-12-14;2*2-1-3;;;/h2-11H,12-13H2,1H3;3-12H,2H2,1H3;2*1H2;2*1H;/q;;;;;;+2/p-2. The maximum Gasteiger partial charge on any atom is 2.00 e. The van der Waals surface area contributed by atoms with E-state index >= 15 is 0 Å². The maximum atomic E-state index is 4.76. The summed E-state index contributed by atoms with van der Waals surface area (Å²) in [5.74, 6) is 1.23. The van der Waals surface area contributed by atoms with Gasteiger partial charge in [-0.05, 0) is 61.4 Å². The van der Waals surface area contributed by atoms with E-state index in [1.807, 2.05) is 11.8 Å². The molecule has 0 fully saturated rings. The molecule has 0 nitrogen and oxygen atoms in total. The second-order valence-electron chi connectivity index (χ2n) is 7.43. The first kappa shape index (κ1) is 45.9. The number of thioether (sulfide) groups is 1. The van der Waals surface area contributed by atoms with Crippen molar-refractivity contribution in [1.29, 1.82) is 0 Å². The zero-order chi connectivity index (χ0) is 27.8. The van der Waals surface area contributed by atoms with Gasteiger partial charge in [0.05, 0.1) is 10.7 Å². The summed E-state index contributed by atoms with van der Waals surface area (Å²) in [6.07, 6.45) is 4.66. The Bertz CT molecular complexity index is 974. The van der Waals surface area contributed by atoms with E-state index in [2.05, 4.69) is 135 Å². The molecule has 0 aliphatic carbocycles. The van der Waals surface area contributed by atoms with Crippen LogP contribution in [0.25, 0.3) is 0 Å². The molecule has 0 aliphatic heterocycles. The molecule has 0 amide bonds. The molecule has 0 saturated carbocycles. The molecule has 4 aromatic rings. The molecule has 0 N–H and O–H groups in total. The number of hydrogen-bond acceptors (Lipinski definition) is 1. The molecule has 4 rings (SSSR count). The van der Waals surface area contributed by atoms with Crippen LogP contribution < -0.4 is 46.0 Å². The third-order valence-electron chi connectivity index (χ3n) is 5.11. The van der Waals surface area contributed by atoms with Gasteiger partial charge in [-0.3, -0.25) is 0 Å². The van der Waals surface area contributed by atoms with Crippen molar-refractivity contribution in [3.63, 3.8) is 0 Å². The smallest absolute Gasteiger partial charge is 1.00 e. The van der Waals surface area contributed by atoms with Crippen LogP contribution in [0.4, 0.5) is 0 Å². The van der Waals surface area contributed by atoms with Crippen molar-refractivity contribution in [3.8, 4) is 0 Å². The molecule has 0 saturated heterocycles. The molecule has 0 atom stereocenters. The van der Waals surface area contributed by atoms with E-state index in [9.17, 15) is 0 Å². The largest absolute Gasteiger partial charge is 2.00 e. The van der Waals surface area contributed by atoms with Crippen molar-refractivity contribution in [2.24, 2.45) is 0 Å². The van der Waals surface area contributed by atoms with E-state index in [0.717, 1.165) is 0 Å². The van der Waals surface area contributed by atoms with E-state index in [4.69, 9.17) is 46.4 Å². The molecule has 228 valence electrons. The monoisotopic (exact) mass is 907 g/mol. The zero-order valence-corrected chi connectivity index (χ0v) is 32.4. The summed E-state index contributed by atoms with van der Waals surface area (Å²) in [6.45, 7) is 2.27. The SMILES string of the molecule is CCP(c1ccccc1)c1ccccc1.CSCCP(c1ccccc1)c1ccccc1.ClCCl.ClCCl.[Cl-].[Cl-].[Pt+2]. The van der Waals surface area contributed by atoms with Crippen molar-refractivity contribution in [2.75, 3.05) is 35.0 Å². The summed E-state index contributed by atoms with van der Waals surface area (Å²) in [7, 11) is -0.326. The Morgan fingerprint density at radius 3 is 0.976 bits per heavy atom. The van der Waals surface area contributed by atoms with Gasteiger partial charge in [0, 0.05) is 0 Å². The Morgan fingerprint density at radius 1 is 0.512 bits per heavy atom. The van der Waals surface area contributed by atoms with Gasteiger partial charge in [-0.2, -0.15) is 11.8 Å². The topological polar surface area (TPSA) is 0 Å². The fourth-order valence-corrected chi connectivity index (χ4v) is 8.97. The van der Waals surface area contributed by atoms with E-state index in [1.165, 1.54) is 39.3 Å². The van der Waals surface area contributed by atoms with Crippen LogP contribution >= 0.6 is 74.0 Å². The third-order valence-corrected chi connectivity index (χ3v) is 11.0. The molecule has 10 heteroatoms. The van der Waals surface area contributed by atoms with E-state index < -0.39 is 0 Å². The number of halogens is 6. The van der Waals surface area contributed by atoms with Gasteiger partial charge in [-0.15, -0.1) is 46.4 Å². The van der Waals surface area contributed by atoms with Gasteiger partial charge in [0.15, 0.2) is 0 Å². The molecular weight excluding hydrogens is 874 g/mol. The quantitative estimate of drug-likeness (QED) is 0.193. The van der Waals surface area contributed by atoms with Crippen LogP contribution in [-0.4, -0.2) is 35.0 Å².